The van der Waals surface area contributed by atoms with Gasteiger partial charge in [0.15, 0.2) is 0 Å². The predicted molar refractivity (Wildman–Crippen MR) is 67.0 cm³/mol. The van der Waals surface area contributed by atoms with Crippen LogP contribution in [-0.2, 0) is 12.8 Å². The van der Waals surface area contributed by atoms with Crippen molar-refractivity contribution in [2.75, 3.05) is 0 Å². The predicted octanol–water partition coefficient (Wildman–Crippen LogP) is 2.15. The summed E-state index contributed by atoms with van der Waals surface area (Å²) >= 11 is 0. The molecule has 0 fully saturated rings. The molecule has 0 saturated carbocycles. The highest BCUT2D eigenvalue weighted by molar-refractivity contribution is 6.32. The van der Waals surface area contributed by atoms with Crippen LogP contribution in [0, 0.1) is 10.8 Å². The van der Waals surface area contributed by atoms with Gasteiger partial charge in [0.2, 0.25) is 0 Å². The van der Waals surface area contributed by atoms with Crippen LogP contribution < -0.4 is 5.84 Å². The lowest BCUT2D eigenvalue weighted by atomic mass is 9.77. The van der Waals surface area contributed by atoms with Gasteiger partial charge < -0.3 is 11.3 Å². The van der Waals surface area contributed by atoms with Crippen LogP contribution in [-0.4, -0.2) is 11.9 Å². The molecule has 0 saturated heterocycles. The number of nitrogens with two attached hydrogens (primary N) is 1. The standard InChI is InChI=1S/C13H17N3/c1-2-13(12(9-14)16-15)7-10-5-3-4-6-11(10)8-13/h3-6,9,14H,2,7-8,15H2,1H3/b14-9?,16-12+. The number of nitrogens with zero attached hydrogens (tertiary/aromatic N) is 1. The van der Waals surface area contributed by atoms with Crippen molar-refractivity contribution >= 4 is 11.9 Å². The molecule has 16 heavy (non-hydrogen) atoms. The molecule has 3 nitrogen and oxygen atoms in total. The summed E-state index contributed by atoms with van der Waals surface area (Å²) in [5.74, 6) is 5.40. The van der Waals surface area contributed by atoms with Gasteiger partial charge in [0.05, 0.1) is 5.71 Å². The zero-order valence-electron chi connectivity index (χ0n) is 9.53. The van der Waals surface area contributed by atoms with E-state index in [2.05, 4.69) is 36.3 Å². The minimum absolute atomic E-state index is 0.0554. The van der Waals surface area contributed by atoms with Crippen LogP contribution in [0.25, 0.3) is 0 Å². The molecule has 0 radical (unpaired) electrons. The van der Waals surface area contributed by atoms with E-state index in [1.165, 1.54) is 17.3 Å². The van der Waals surface area contributed by atoms with E-state index in [1.54, 1.807) is 0 Å². The van der Waals surface area contributed by atoms with Crippen molar-refractivity contribution in [3.63, 3.8) is 0 Å². The Balaban J connectivity index is 2.40. The SMILES string of the molecule is CCC1(/C(C=N)=N/N)Cc2ccccc2C1. The van der Waals surface area contributed by atoms with Crippen LogP contribution in [0.5, 0.6) is 0 Å². The van der Waals surface area contributed by atoms with Crippen molar-refractivity contribution < 1.29 is 0 Å². The van der Waals surface area contributed by atoms with Crippen molar-refractivity contribution in [1.29, 1.82) is 5.41 Å². The van der Waals surface area contributed by atoms with Gasteiger partial charge in [0.1, 0.15) is 0 Å². The molecule has 1 aromatic carbocycles. The van der Waals surface area contributed by atoms with Gasteiger partial charge in [-0.2, -0.15) is 5.10 Å². The van der Waals surface area contributed by atoms with E-state index >= 15 is 0 Å². The topological polar surface area (TPSA) is 62.2 Å². The van der Waals surface area contributed by atoms with Crippen LogP contribution in [0.3, 0.4) is 0 Å². The molecule has 1 aliphatic rings. The zero-order chi connectivity index (χ0) is 11.6. The molecule has 84 valence electrons. The summed E-state index contributed by atoms with van der Waals surface area (Å²) in [6.07, 6.45) is 4.17. The molecule has 0 aliphatic heterocycles. The van der Waals surface area contributed by atoms with Gasteiger partial charge in [0.25, 0.3) is 0 Å². The minimum Gasteiger partial charge on any atom is -0.323 e. The maximum atomic E-state index is 7.42. The number of hydrogen-bond donors (Lipinski definition) is 2. The summed E-state index contributed by atoms with van der Waals surface area (Å²) in [5.41, 5.74) is 3.39. The first-order valence-electron chi connectivity index (χ1n) is 5.61. The van der Waals surface area contributed by atoms with E-state index in [0.717, 1.165) is 19.3 Å². The lowest BCUT2D eigenvalue weighted by molar-refractivity contribution is 0.433. The third-order valence-corrected chi connectivity index (χ3v) is 3.67. The molecule has 0 aromatic heterocycles. The van der Waals surface area contributed by atoms with Crippen molar-refractivity contribution in [3.8, 4) is 0 Å². The Bertz CT molecular complexity index is 410. The first-order chi connectivity index (χ1) is 7.75. The normalized spacial score (nSPS) is 18.2. The lowest BCUT2D eigenvalue weighted by Gasteiger charge is -2.26. The smallest absolute Gasteiger partial charge is 0.0843 e. The molecule has 3 heteroatoms. The average Bonchev–Trinajstić information content (AvgIpc) is 2.70. The molecule has 1 aromatic rings. The first kappa shape index (κ1) is 10.9. The Morgan fingerprint density at radius 1 is 1.44 bits per heavy atom. The molecule has 0 spiro atoms. The molecule has 2 rings (SSSR count). The Hall–Kier alpha value is -1.64. The molecule has 0 atom stereocenters. The Morgan fingerprint density at radius 2 is 2.00 bits per heavy atom. The Labute approximate surface area is 95.9 Å². The maximum Gasteiger partial charge on any atom is 0.0843 e. The summed E-state index contributed by atoms with van der Waals surface area (Å²) in [7, 11) is 0. The third-order valence-electron chi connectivity index (χ3n) is 3.67. The number of nitrogens with one attached hydrogen (secondary N) is 1. The van der Waals surface area contributed by atoms with E-state index < -0.39 is 0 Å². The average molecular weight is 215 g/mol. The highest BCUT2D eigenvalue weighted by Crippen LogP contribution is 2.40. The highest BCUT2D eigenvalue weighted by Gasteiger charge is 2.39. The quantitative estimate of drug-likeness (QED) is 0.453. The van der Waals surface area contributed by atoms with Crippen LogP contribution >= 0.6 is 0 Å². The first-order valence-corrected chi connectivity index (χ1v) is 5.61. The molecule has 0 unspecified atom stereocenters. The monoisotopic (exact) mass is 215 g/mol. The van der Waals surface area contributed by atoms with Gasteiger partial charge in [-0.05, 0) is 30.4 Å². The third kappa shape index (κ3) is 1.52. The fourth-order valence-corrected chi connectivity index (χ4v) is 2.63. The van der Waals surface area contributed by atoms with Gasteiger partial charge in [-0.3, -0.25) is 0 Å². The number of benzene rings is 1. The fourth-order valence-electron chi connectivity index (χ4n) is 2.63. The summed E-state index contributed by atoms with van der Waals surface area (Å²) in [6, 6.07) is 8.44. The van der Waals surface area contributed by atoms with E-state index in [4.69, 9.17) is 11.3 Å². The Kier molecular flexibility index (Phi) is 2.77. The van der Waals surface area contributed by atoms with Gasteiger partial charge in [-0.15, -0.1) is 0 Å². The summed E-state index contributed by atoms with van der Waals surface area (Å²) < 4.78 is 0. The van der Waals surface area contributed by atoms with E-state index in [0.29, 0.717) is 5.71 Å². The molecular formula is C13H17N3. The Morgan fingerprint density at radius 3 is 2.38 bits per heavy atom. The lowest BCUT2D eigenvalue weighted by Crippen LogP contribution is -2.33. The van der Waals surface area contributed by atoms with Crippen molar-refractivity contribution in [3.05, 3.63) is 35.4 Å². The summed E-state index contributed by atoms with van der Waals surface area (Å²) in [5, 5.41) is 11.2. The summed E-state index contributed by atoms with van der Waals surface area (Å²) in [6.45, 7) is 2.14. The van der Waals surface area contributed by atoms with Gasteiger partial charge in [0, 0.05) is 11.6 Å². The molecule has 0 bridgehead atoms. The van der Waals surface area contributed by atoms with Crippen LogP contribution in [0.15, 0.2) is 29.4 Å². The van der Waals surface area contributed by atoms with E-state index in [1.807, 2.05) is 0 Å². The number of fused-ring (bicyclic) bond motifs is 1. The summed E-state index contributed by atoms with van der Waals surface area (Å²) in [4.78, 5) is 0. The number of hydrogen-bond acceptors (Lipinski definition) is 3. The second-order valence-corrected chi connectivity index (χ2v) is 4.41. The van der Waals surface area contributed by atoms with Crippen LogP contribution in [0.1, 0.15) is 24.5 Å². The molecular weight excluding hydrogens is 198 g/mol. The van der Waals surface area contributed by atoms with Crippen molar-refractivity contribution in [2.24, 2.45) is 16.4 Å². The van der Waals surface area contributed by atoms with Crippen LogP contribution in [0.4, 0.5) is 0 Å². The van der Waals surface area contributed by atoms with Crippen molar-refractivity contribution in [1.82, 2.24) is 0 Å². The fraction of sp³-hybridized carbons (Fsp3) is 0.385. The van der Waals surface area contributed by atoms with Crippen molar-refractivity contribution in [2.45, 2.75) is 26.2 Å². The molecule has 0 amide bonds. The van der Waals surface area contributed by atoms with Gasteiger partial charge in [-0.25, -0.2) is 0 Å². The van der Waals surface area contributed by atoms with E-state index in [9.17, 15) is 0 Å². The molecule has 1 aliphatic carbocycles. The number of hydrazone groups is 1. The number of rotatable bonds is 3. The molecule has 3 N–H and O–H groups in total. The second-order valence-electron chi connectivity index (χ2n) is 4.41. The van der Waals surface area contributed by atoms with Gasteiger partial charge >= 0.3 is 0 Å². The van der Waals surface area contributed by atoms with Gasteiger partial charge in [-0.1, -0.05) is 31.2 Å². The second kappa shape index (κ2) is 4.08. The largest absolute Gasteiger partial charge is 0.323 e. The zero-order valence-corrected chi connectivity index (χ0v) is 9.53. The minimum atomic E-state index is -0.0554. The highest BCUT2D eigenvalue weighted by atomic mass is 15.1. The maximum absolute atomic E-state index is 7.42. The molecule has 0 heterocycles. The van der Waals surface area contributed by atoms with Crippen LogP contribution in [0.2, 0.25) is 0 Å². The van der Waals surface area contributed by atoms with E-state index in [-0.39, 0.29) is 5.41 Å².